The van der Waals surface area contributed by atoms with Crippen molar-refractivity contribution in [3.63, 3.8) is 0 Å². The third kappa shape index (κ3) is 2.94. The molecule has 5 heteroatoms. The number of rotatable bonds is 5. The van der Waals surface area contributed by atoms with E-state index in [0.29, 0.717) is 29.5 Å². The van der Waals surface area contributed by atoms with Gasteiger partial charge in [-0.05, 0) is 13.8 Å². The van der Waals surface area contributed by atoms with Crippen LogP contribution >= 0.6 is 0 Å². The first-order valence-corrected chi connectivity index (χ1v) is 5.95. The first-order valence-electron chi connectivity index (χ1n) is 5.95. The van der Waals surface area contributed by atoms with Crippen molar-refractivity contribution >= 4 is 5.69 Å². The highest BCUT2D eigenvalue weighted by Crippen LogP contribution is 2.28. The van der Waals surface area contributed by atoms with Crippen LogP contribution in [0.5, 0.6) is 17.2 Å². The smallest absolute Gasteiger partial charge is 0.165 e. The molecular formula is C13H17N3O2. The molecule has 0 spiro atoms. The van der Waals surface area contributed by atoms with Crippen LogP contribution in [0, 0.1) is 0 Å². The Morgan fingerprint density at radius 2 is 1.94 bits per heavy atom. The lowest BCUT2D eigenvalue weighted by atomic mass is 10.3. The molecule has 0 aliphatic carbocycles. The third-order valence-electron chi connectivity index (χ3n) is 2.38. The van der Waals surface area contributed by atoms with Crippen LogP contribution in [0.3, 0.4) is 0 Å². The number of anilines is 1. The summed E-state index contributed by atoms with van der Waals surface area (Å²) in [6.07, 6.45) is 3.51. The summed E-state index contributed by atoms with van der Waals surface area (Å²) in [4.78, 5) is 0. The Morgan fingerprint density at radius 1 is 1.17 bits per heavy atom. The van der Waals surface area contributed by atoms with Crippen molar-refractivity contribution in [2.45, 2.75) is 20.4 Å². The zero-order chi connectivity index (χ0) is 13.0. The van der Waals surface area contributed by atoms with E-state index in [4.69, 9.17) is 15.2 Å². The lowest BCUT2D eigenvalue weighted by Crippen LogP contribution is -1.94. The molecule has 1 heterocycles. The van der Waals surface area contributed by atoms with Gasteiger partial charge in [0.15, 0.2) is 5.75 Å². The Hall–Kier alpha value is -2.17. The van der Waals surface area contributed by atoms with Crippen LogP contribution in [0.15, 0.2) is 30.6 Å². The third-order valence-corrected chi connectivity index (χ3v) is 2.38. The molecule has 0 aliphatic rings. The molecular weight excluding hydrogens is 230 g/mol. The number of nitrogen functional groups attached to an aromatic ring is 1. The van der Waals surface area contributed by atoms with Crippen LogP contribution in [-0.2, 0) is 6.54 Å². The molecule has 0 bridgehead atoms. The highest BCUT2D eigenvalue weighted by molar-refractivity contribution is 5.51. The topological polar surface area (TPSA) is 62.3 Å². The second kappa shape index (κ2) is 5.44. The predicted octanol–water partition coefficient (Wildman–Crippen LogP) is 2.68. The molecule has 1 aromatic heterocycles. The summed E-state index contributed by atoms with van der Waals surface area (Å²) in [6, 6.07) is 5.33. The molecule has 2 aromatic rings. The molecule has 2 N–H and O–H groups in total. The van der Waals surface area contributed by atoms with Crippen LogP contribution in [0.2, 0.25) is 0 Å². The van der Waals surface area contributed by atoms with Crippen LogP contribution in [0.4, 0.5) is 5.69 Å². The number of hydrogen-bond donors (Lipinski definition) is 1. The van der Waals surface area contributed by atoms with Gasteiger partial charge >= 0.3 is 0 Å². The molecule has 0 atom stereocenters. The van der Waals surface area contributed by atoms with Crippen LogP contribution < -0.4 is 15.2 Å². The SMILES string of the molecule is CCOc1cc(N)cc(Oc2cnn(CC)c2)c1. The van der Waals surface area contributed by atoms with Gasteiger partial charge in [0.1, 0.15) is 11.5 Å². The van der Waals surface area contributed by atoms with Gasteiger partial charge in [-0.2, -0.15) is 5.10 Å². The zero-order valence-electron chi connectivity index (χ0n) is 10.6. The van der Waals surface area contributed by atoms with E-state index in [0.717, 1.165) is 6.54 Å². The average molecular weight is 247 g/mol. The van der Waals surface area contributed by atoms with Crippen molar-refractivity contribution < 1.29 is 9.47 Å². The van der Waals surface area contributed by atoms with Crippen LogP contribution in [0.25, 0.3) is 0 Å². The molecule has 0 radical (unpaired) electrons. The number of nitrogens with two attached hydrogens (primary N) is 1. The van der Waals surface area contributed by atoms with Gasteiger partial charge in [0.2, 0.25) is 0 Å². The summed E-state index contributed by atoms with van der Waals surface area (Å²) in [7, 11) is 0. The molecule has 0 saturated carbocycles. The maximum atomic E-state index is 5.79. The van der Waals surface area contributed by atoms with E-state index < -0.39 is 0 Å². The fourth-order valence-electron chi connectivity index (χ4n) is 1.61. The summed E-state index contributed by atoms with van der Waals surface area (Å²) in [5.74, 6) is 2.04. The molecule has 0 fully saturated rings. The first kappa shape index (κ1) is 12.3. The van der Waals surface area contributed by atoms with E-state index in [9.17, 15) is 0 Å². The van der Waals surface area contributed by atoms with Crippen LogP contribution in [-0.4, -0.2) is 16.4 Å². The van der Waals surface area contributed by atoms with Crippen LogP contribution in [0.1, 0.15) is 13.8 Å². The number of ether oxygens (including phenoxy) is 2. The van der Waals surface area contributed by atoms with Gasteiger partial charge in [0.05, 0.1) is 19.0 Å². The summed E-state index contributed by atoms with van der Waals surface area (Å²) in [5.41, 5.74) is 6.40. The summed E-state index contributed by atoms with van der Waals surface area (Å²) in [6.45, 7) is 5.35. The highest BCUT2D eigenvalue weighted by Gasteiger charge is 2.04. The van der Waals surface area contributed by atoms with Crippen molar-refractivity contribution in [3.05, 3.63) is 30.6 Å². The Balaban J connectivity index is 2.17. The molecule has 0 saturated heterocycles. The van der Waals surface area contributed by atoms with Gasteiger partial charge in [-0.3, -0.25) is 4.68 Å². The molecule has 0 aliphatic heterocycles. The van der Waals surface area contributed by atoms with Crippen molar-refractivity contribution in [2.24, 2.45) is 0 Å². The summed E-state index contributed by atoms with van der Waals surface area (Å²) < 4.78 is 12.9. The van der Waals surface area contributed by atoms with E-state index in [2.05, 4.69) is 5.10 Å². The average Bonchev–Trinajstić information content (AvgIpc) is 2.76. The summed E-state index contributed by atoms with van der Waals surface area (Å²) >= 11 is 0. The van der Waals surface area contributed by atoms with Gasteiger partial charge in [-0.15, -0.1) is 0 Å². The zero-order valence-corrected chi connectivity index (χ0v) is 10.6. The van der Waals surface area contributed by atoms with Gasteiger partial charge in [0.25, 0.3) is 0 Å². The van der Waals surface area contributed by atoms with Crippen molar-refractivity contribution in [1.29, 1.82) is 0 Å². The van der Waals surface area contributed by atoms with Gasteiger partial charge in [-0.1, -0.05) is 0 Å². The second-order valence-corrected chi connectivity index (χ2v) is 3.80. The molecule has 96 valence electrons. The van der Waals surface area contributed by atoms with E-state index in [1.807, 2.05) is 26.1 Å². The van der Waals surface area contributed by atoms with Crippen molar-refractivity contribution in [3.8, 4) is 17.2 Å². The first-order chi connectivity index (χ1) is 8.71. The van der Waals surface area contributed by atoms with Gasteiger partial charge in [0, 0.05) is 30.4 Å². The Bertz CT molecular complexity index is 523. The molecule has 18 heavy (non-hydrogen) atoms. The lowest BCUT2D eigenvalue weighted by molar-refractivity contribution is 0.338. The fraction of sp³-hybridized carbons (Fsp3) is 0.308. The maximum absolute atomic E-state index is 5.79. The number of aryl methyl sites for hydroxylation is 1. The van der Waals surface area contributed by atoms with E-state index in [1.54, 1.807) is 23.0 Å². The largest absolute Gasteiger partial charge is 0.494 e. The molecule has 0 unspecified atom stereocenters. The minimum atomic E-state index is 0.594. The van der Waals surface area contributed by atoms with Crippen molar-refractivity contribution in [1.82, 2.24) is 9.78 Å². The Morgan fingerprint density at radius 3 is 2.61 bits per heavy atom. The standard InChI is InChI=1S/C13H17N3O2/c1-3-16-9-13(8-15-16)18-12-6-10(14)5-11(7-12)17-4-2/h5-9H,3-4,14H2,1-2H3. The number of benzene rings is 1. The molecule has 0 amide bonds. The molecule has 5 nitrogen and oxygen atoms in total. The van der Waals surface area contributed by atoms with Gasteiger partial charge in [-0.25, -0.2) is 0 Å². The van der Waals surface area contributed by atoms with E-state index in [-0.39, 0.29) is 0 Å². The minimum absolute atomic E-state index is 0.594. The fourth-order valence-corrected chi connectivity index (χ4v) is 1.61. The normalized spacial score (nSPS) is 10.3. The van der Waals surface area contributed by atoms with Crippen molar-refractivity contribution in [2.75, 3.05) is 12.3 Å². The monoisotopic (exact) mass is 247 g/mol. The highest BCUT2D eigenvalue weighted by atomic mass is 16.5. The molecule has 1 aromatic carbocycles. The summed E-state index contributed by atoms with van der Waals surface area (Å²) in [5, 5.41) is 4.14. The Labute approximate surface area is 106 Å². The number of nitrogens with zero attached hydrogens (tertiary/aromatic N) is 2. The lowest BCUT2D eigenvalue weighted by Gasteiger charge is -2.08. The van der Waals surface area contributed by atoms with E-state index in [1.165, 1.54) is 0 Å². The second-order valence-electron chi connectivity index (χ2n) is 3.80. The maximum Gasteiger partial charge on any atom is 0.165 e. The minimum Gasteiger partial charge on any atom is -0.494 e. The Kier molecular flexibility index (Phi) is 3.72. The quantitative estimate of drug-likeness (QED) is 0.825. The van der Waals surface area contributed by atoms with Gasteiger partial charge < -0.3 is 15.2 Å². The molecule has 2 rings (SSSR count). The number of aromatic nitrogens is 2. The number of hydrogen-bond acceptors (Lipinski definition) is 4. The van der Waals surface area contributed by atoms with E-state index >= 15 is 0 Å². The predicted molar refractivity (Wildman–Crippen MR) is 70.0 cm³/mol.